The van der Waals surface area contributed by atoms with E-state index in [1.165, 1.54) is 6.07 Å². The molecule has 2 rings (SSSR count). The van der Waals surface area contributed by atoms with Gasteiger partial charge in [0.15, 0.2) is 0 Å². The SMILES string of the molecule is CC(CCc1ccccc1F)C(=O)N1CCC(N)C(C)(C)C1.Cl. The number of aryl methyl sites for hydroxylation is 1. The lowest BCUT2D eigenvalue weighted by Crippen LogP contribution is -2.54. The van der Waals surface area contributed by atoms with E-state index in [0.29, 0.717) is 24.9 Å². The number of likely N-dealkylation sites (tertiary alicyclic amines) is 1. The van der Waals surface area contributed by atoms with Crippen LogP contribution in [0.3, 0.4) is 0 Å². The van der Waals surface area contributed by atoms with Gasteiger partial charge < -0.3 is 10.6 Å². The quantitative estimate of drug-likeness (QED) is 0.911. The van der Waals surface area contributed by atoms with E-state index < -0.39 is 0 Å². The molecule has 0 aromatic heterocycles. The van der Waals surface area contributed by atoms with Crippen molar-refractivity contribution in [1.82, 2.24) is 4.90 Å². The first kappa shape index (κ1) is 19.9. The monoisotopic (exact) mass is 342 g/mol. The van der Waals surface area contributed by atoms with Crippen molar-refractivity contribution in [2.45, 2.75) is 46.1 Å². The minimum atomic E-state index is -0.188. The molecule has 1 amide bonds. The lowest BCUT2D eigenvalue weighted by atomic mass is 9.79. The molecule has 1 saturated heterocycles. The van der Waals surface area contributed by atoms with Gasteiger partial charge in [-0.15, -0.1) is 12.4 Å². The summed E-state index contributed by atoms with van der Waals surface area (Å²) in [4.78, 5) is 14.5. The van der Waals surface area contributed by atoms with Crippen molar-refractivity contribution < 1.29 is 9.18 Å². The highest BCUT2D eigenvalue weighted by atomic mass is 35.5. The molecule has 2 atom stereocenters. The molecule has 1 aliphatic rings. The van der Waals surface area contributed by atoms with E-state index in [4.69, 9.17) is 5.73 Å². The zero-order valence-corrected chi connectivity index (χ0v) is 15.0. The van der Waals surface area contributed by atoms with Gasteiger partial charge in [0.2, 0.25) is 5.91 Å². The summed E-state index contributed by atoms with van der Waals surface area (Å²) in [6, 6.07) is 6.92. The average molecular weight is 343 g/mol. The molecule has 1 aliphatic heterocycles. The molecule has 1 fully saturated rings. The molecular formula is C18H28ClFN2O. The number of carbonyl (C=O) groups excluding carboxylic acids is 1. The molecule has 3 nitrogen and oxygen atoms in total. The lowest BCUT2D eigenvalue weighted by Gasteiger charge is -2.43. The molecule has 0 spiro atoms. The van der Waals surface area contributed by atoms with Gasteiger partial charge in [0, 0.05) is 25.0 Å². The Morgan fingerprint density at radius 3 is 2.70 bits per heavy atom. The number of piperidine rings is 1. The van der Waals surface area contributed by atoms with Crippen molar-refractivity contribution in [3.8, 4) is 0 Å². The summed E-state index contributed by atoms with van der Waals surface area (Å²) in [7, 11) is 0. The molecule has 1 aromatic rings. The second-order valence-corrected chi connectivity index (χ2v) is 7.17. The van der Waals surface area contributed by atoms with Crippen molar-refractivity contribution in [3.63, 3.8) is 0 Å². The molecule has 0 aliphatic carbocycles. The number of hydrogen-bond donors (Lipinski definition) is 1. The molecule has 5 heteroatoms. The van der Waals surface area contributed by atoms with Crippen LogP contribution in [0.4, 0.5) is 4.39 Å². The van der Waals surface area contributed by atoms with Crippen LogP contribution >= 0.6 is 12.4 Å². The molecule has 0 saturated carbocycles. The van der Waals surface area contributed by atoms with Gasteiger partial charge in [-0.05, 0) is 36.3 Å². The Hall–Kier alpha value is -1.13. The summed E-state index contributed by atoms with van der Waals surface area (Å²) in [6.07, 6.45) is 2.11. The van der Waals surface area contributed by atoms with Crippen molar-refractivity contribution >= 4 is 18.3 Å². The zero-order valence-electron chi connectivity index (χ0n) is 14.2. The smallest absolute Gasteiger partial charge is 0.225 e. The van der Waals surface area contributed by atoms with Crippen molar-refractivity contribution in [1.29, 1.82) is 0 Å². The van der Waals surface area contributed by atoms with E-state index in [-0.39, 0.29) is 41.5 Å². The van der Waals surface area contributed by atoms with E-state index in [1.54, 1.807) is 12.1 Å². The number of carbonyl (C=O) groups is 1. The topological polar surface area (TPSA) is 46.3 Å². The summed E-state index contributed by atoms with van der Waals surface area (Å²) in [5.41, 5.74) is 6.76. The molecule has 1 heterocycles. The largest absolute Gasteiger partial charge is 0.342 e. The first-order chi connectivity index (χ1) is 10.3. The van der Waals surface area contributed by atoms with Gasteiger partial charge in [0.05, 0.1) is 0 Å². The van der Waals surface area contributed by atoms with Crippen LogP contribution in [0.15, 0.2) is 24.3 Å². The number of benzene rings is 1. The van der Waals surface area contributed by atoms with Crippen molar-refractivity contribution in [2.24, 2.45) is 17.1 Å². The number of nitrogens with zero attached hydrogens (tertiary/aromatic N) is 1. The van der Waals surface area contributed by atoms with E-state index in [2.05, 4.69) is 13.8 Å². The summed E-state index contributed by atoms with van der Waals surface area (Å²) < 4.78 is 13.6. The fourth-order valence-electron chi connectivity index (χ4n) is 3.07. The number of halogens is 2. The second kappa shape index (κ2) is 8.11. The summed E-state index contributed by atoms with van der Waals surface area (Å²) >= 11 is 0. The number of nitrogens with two attached hydrogens (primary N) is 1. The molecule has 23 heavy (non-hydrogen) atoms. The third kappa shape index (κ3) is 4.92. The predicted molar refractivity (Wildman–Crippen MR) is 94.1 cm³/mol. The maximum Gasteiger partial charge on any atom is 0.225 e. The second-order valence-electron chi connectivity index (χ2n) is 7.17. The minimum absolute atomic E-state index is 0. The summed E-state index contributed by atoms with van der Waals surface area (Å²) in [5.74, 6) is -0.117. The average Bonchev–Trinajstić information content (AvgIpc) is 2.48. The highest BCUT2D eigenvalue weighted by Gasteiger charge is 2.36. The zero-order chi connectivity index (χ0) is 16.3. The van der Waals surface area contributed by atoms with Crippen LogP contribution in [0.1, 0.15) is 39.2 Å². The maximum absolute atomic E-state index is 13.6. The highest BCUT2D eigenvalue weighted by Crippen LogP contribution is 2.29. The Labute approximate surface area is 144 Å². The van der Waals surface area contributed by atoms with Gasteiger partial charge in [-0.1, -0.05) is 39.0 Å². The van der Waals surface area contributed by atoms with Crippen LogP contribution in [0, 0.1) is 17.2 Å². The standard InChI is InChI=1S/C18H27FN2O.ClH/c1-13(8-9-14-6-4-5-7-15(14)19)17(22)21-11-10-16(20)18(2,3)12-21;/h4-7,13,16H,8-12,20H2,1-3H3;1H. The Kier molecular flexibility index (Phi) is 7.02. The van der Waals surface area contributed by atoms with Crippen LogP contribution < -0.4 is 5.73 Å². The van der Waals surface area contributed by atoms with Crippen molar-refractivity contribution in [3.05, 3.63) is 35.6 Å². The molecule has 130 valence electrons. The molecule has 0 bridgehead atoms. The van der Waals surface area contributed by atoms with Gasteiger partial charge in [-0.3, -0.25) is 4.79 Å². The van der Waals surface area contributed by atoms with E-state index in [0.717, 1.165) is 13.0 Å². The summed E-state index contributed by atoms with van der Waals surface area (Å²) in [6.45, 7) is 7.59. The predicted octanol–water partition coefficient (Wildman–Crippen LogP) is 3.40. The third-order valence-corrected chi connectivity index (χ3v) is 4.85. The normalized spacial score (nSPS) is 21.4. The Balaban J connectivity index is 0.00000264. The van der Waals surface area contributed by atoms with Gasteiger partial charge in [0.25, 0.3) is 0 Å². The van der Waals surface area contributed by atoms with Crippen molar-refractivity contribution in [2.75, 3.05) is 13.1 Å². The number of rotatable bonds is 4. The minimum Gasteiger partial charge on any atom is -0.342 e. The Bertz CT molecular complexity index is 536. The number of hydrogen-bond acceptors (Lipinski definition) is 2. The number of amides is 1. The van der Waals surface area contributed by atoms with Crippen LogP contribution in [0.2, 0.25) is 0 Å². The van der Waals surface area contributed by atoms with Gasteiger partial charge in [0.1, 0.15) is 5.82 Å². The van der Waals surface area contributed by atoms with E-state index in [1.807, 2.05) is 17.9 Å². The van der Waals surface area contributed by atoms with Gasteiger partial charge >= 0.3 is 0 Å². The first-order valence-electron chi connectivity index (χ1n) is 8.09. The van der Waals surface area contributed by atoms with Gasteiger partial charge in [-0.2, -0.15) is 0 Å². The van der Waals surface area contributed by atoms with Gasteiger partial charge in [-0.25, -0.2) is 4.39 Å². The molecule has 1 aromatic carbocycles. The van der Waals surface area contributed by atoms with E-state index in [9.17, 15) is 9.18 Å². The molecular weight excluding hydrogens is 315 g/mol. The fourth-order valence-corrected chi connectivity index (χ4v) is 3.07. The van der Waals surface area contributed by atoms with Crippen LogP contribution in [-0.2, 0) is 11.2 Å². The Morgan fingerprint density at radius 1 is 1.43 bits per heavy atom. The van der Waals surface area contributed by atoms with Crippen LogP contribution in [-0.4, -0.2) is 29.9 Å². The van der Waals surface area contributed by atoms with Crippen LogP contribution in [0.5, 0.6) is 0 Å². The molecule has 2 N–H and O–H groups in total. The third-order valence-electron chi connectivity index (χ3n) is 4.85. The summed E-state index contributed by atoms with van der Waals surface area (Å²) in [5, 5.41) is 0. The van der Waals surface area contributed by atoms with Crippen LogP contribution in [0.25, 0.3) is 0 Å². The lowest BCUT2D eigenvalue weighted by molar-refractivity contribution is -0.138. The fraction of sp³-hybridized carbons (Fsp3) is 0.611. The maximum atomic E-state index is 13.6. The molecule has 0 radical (unpaired) electrons. The highest BCUT2D eigenvalue weighted by molar-refractivity contribution is 5.85. The molecule has 2 unspecified atom stereocenters. The first-order valence-corrected chi connectivity index (χ1v) is 8.09. The van der Waals surface area contributed by atoms with E-state index >= 15 is 0 Å². The Morgan fingerprint density at radius 2 is 2.09 bits per heavy atom.